The molecule has 0 unspecified atom stereocenters. The highest BCUT2D eigenvalue weighted by atomic mass is 35.5. The van der Waals surface area contributed by atoms with Crippen LogP contribution in [-0.4, -0.2) is 12.1 Å². The normalized spacial score (nSPS) is 12.0. The Morgan fingerprint density at radius 2 is 1.94 bits per heavy atom. The lowest BCUT2D eigenvalue weighted by atomic mass is 10.1. The van der Waals surface area contributed by atoms with Gasteiger partial charge < -0.3 is 4.74 Å². The molecule has 1 aromatic heterocycles. The molecule has 1 aromatic rings. The third kappa shape index (κ3) is 2.34. The average Bonchev–Trinajstić information content (AvgIpc) is 2.15. The highest BCUT2D eigenvalue weighted by molar-refractivity contribution is 6.32. The van der Waals surface area contributed by atoms with Crippen molar-refractivity contribution < 1.29 is 26.7 Å². The Bertz CT molecular complexity index is 393. The van der Waals surface area contributed by atoms with Crippen molar-refractivity contribution in [1.29, 1.82) is 0 Å². The molecule has 1 heterocycles. The van der Waals surface area contributed by atoms with Gasteiger partial charge in [-0.25, -0.2) is 8.78 Å². The number of rotatable bonds is 2. The summed E-state index contributed by atoms with van der Waals surface area (Å²) < 4.78 is 66.6. The summed E-state index contributed by atoms with van der Waals surface area (Å²) in [5.41, 5.74) is -3.04. The minimum atomic E-state index is -5.00. The Kier molecular flexibility index (Phi) is 3.57. The molecule has 0 fully saturated rings. The summed E-state index contributed by atoms with van der Waals surface area (Å²) in [5, 5.41) is -0.473. The first kappa shape index (κ1) is 13.0. The number of pyridine rings is 1. The lowest BCUT2D eigenvalue weighted by Gasteiger charge is -2.16. The fourth-order valence-corrected chi connectivity index (χ4v) is 1.34. The van der Waals surface area contributed by atoms with E-state index in [4.69, 9.17) is 11.6 Å². The lowest BCUT2D eigenvalue weighted by Crippen LogP contribution is -2.13. The van der Waals surface area contributed by atoms with E-state index in [0.29, 0.717) is 6.20 Å². The van der Waals surface area contributed by atoms with E-state index in [2.05, 4.69) is 9.72 Å². The second-order valence-corrected chi connectivity index (χ2v) is 3.11. The summed E-state index contributed by atoms with van der Waals surface area (Å²) in [7, 11) is 0.908. The Balaban J connectivity index is 3.54. The van der Waals surface area contributed by atoms with Gasteiger partial charge in [-0.15, -0.1) is 0 Å². The monoisotopic (exact) mass is 261 g/mol. The first-order valence-corrected chi connectivity index (χ1v) is 4.24. The van der Waals surface area contributed by atoms with Crippen molar-refractivity contribution in [2.75, 3.05) is 7.11 Å². The lowest BCUT2D eigenvalue weighted by molar-refractivity contribution is -0.141. The van der Waals surface area contributed by atoms with E-state index in [-0.39, 0.29) is 0 Å². The maximum absolute atomic E-state index is 12.5. The molecule has 0 bridgehead atoms. The summed E-state index contributed by atoms with van der Waals surface area (Å²) >= 11 is 5.38. The van der Waals surface area contributed by atoms with Crippen molar-refractivity contribution in [1.82, 2.24) is 4.98 Å². The summed E-state index contributed by atoms with van der Waals surface area (Å²) in [5.74, 6) is -0.848. The third-order valence-electron chi connectivity index (χ3n) is 1.71. The van der Waals surface area contributed by atoms with E-state index in [1.807, 2.05) is 0 Å². The molecule has 1 rings (SSSR count). The van der Waals surface area contributed by atoms with Crippen LogP contribution in [0.3, 0.4) is 0 Å². The molecule has 0 aromatic carbocycles. The van der Waals surface area contributed by atoms with Crippen molar-refractivity contribution >= 4 is 11.6 Å². The SMILES string of the molecule is COc1c(Cl)cnc(C(F)F)c1C(F)(F)F. The molecular weight excluding hydrogens is 257 g/mol. The summed E-state index contributed by atoms with van der Waals surface area (Å²) in [4.78, 5) is 2.97. The zero-order chi connectivity index (χ0) is 12.5. The predicted octanol–water partition coefficient (Wildman–Crippen LogP) is 3.70. The van der Waals surface area contributed by atoms with Gasteiger partial charge in [0.2, 0.25) is 0 Å². The molecule has 2 nitrogen and oxygen atoms in total. The Morgan fingerprint density at radius 1 is 1.38 bits per heavy atom. The number of hydrogen-bond donors (Lipinski definition) is 0. The van der Waals surface area contributed by atoms with Gasteiger partial charge in [0.1, 0.15) is 16.3 Å². The first-order chi connectivity index (χ1) is 7.29. The van der Waals surface area contributed by atoms with Gasteiger partial charge >= 0.3 is 6.18 Å². The van der Waals surface area contributed by atoms with Crippen molar-refractivity contribution in [2.24, 2.45) is 0 Å². The van der Waals surface area contributed by atoms with Crippen LogP contribution in [0.15, 0.2) is 6.20 Å². The number of halogens is 6. The van der Waals surface area contributed by atoms with Crippen LogP contribution in [0.1, 0.15) is 17.7 Å². The van der Waals surface area contributed by atoms with E-state index >= 15 is 0 Å². The Hall–Kier alpha value is -1.11. The molecule has 0 aliphatic rings. The van der Waals surface area contributed by atoms with Gasteiger partial charge in [0, 0.05) is 6.20 Å². The molecule has 0 amide bonds. The quantitative estimate of drug-likeness (QED) is 0.757. The Labute approximate surface area is 92.0 Å². The molecular formula is C8H5ClF5NO. The maximum atomic E-state index is 12.5. The van der Waals surface area contributed by atoms with Crippen molar-refractivity contribution in [2.45, 2.75) is 12.6 Å². The van der Waals surface area contributed by atoms with E-state index in [0.717, 1.165) is 7.11 Å². The van der Waals surface area contributed by atoms with E-state index in [1.165, 1.54) is 0 Å². The molecule has 0 saturated heterocycles. The number of ether oxygens (including phenoxy) is 1. The van der Waals surface area contributed by atoms with Gasteiger partial charge in [0.15, 0.2) is 5.75 Å². The topological polar surface area (TPSA) is 22.1 Å². The predicted molar refractivity (Wildman–Crippen MR) is 45.8 cm³/mol. The van der Waals surface area contributed by atoms with Crippen molar-refractivity contribution in [3.8, 4) is 5.75 Å². The maximum Gasteiger partial charge on any atom is 0.422 e. The summed E-state index contributed by atoms with van der Waals surface area (Å²) in [6, 6.07) is 0. The first-order valence-electron chi connectivity index (χ1n) is 3.86. The average molecular weight is 262 g/mol. The summed E-state index contributed by atoms with van der Waals surface area (Å²) in [6.07, 6.45) is -7.67. The number of nitrogens with zero attached hydrogens (tertiary/aromatic N) is 1. The minimum Gasteiger partial charge on any atom is -0.494 e. The number of hydrogen-bond acceptors (Lipinski definition) is 2. The van der Waals surface area contributed by atoms with Gasteiger partial charge in [-0.1, -0.05) is 11.6 Å². The standard InChI is InChI=1S/C8H5ClF5NO/c1-16-6-3(9)2-15-5(7(10)11)4(6)8(12,13)14/h2,7H,1H3. The van der Waals surface area contributed by atoms with Crippen LogP contribution >= 0.6 is 11.6 Å². The second kappa shape index (κ2) is 4.40. The zero-order valence-corrected chi connectivity index (χ0v) is 8.53. The van der Waals surface area contributed by atoms with E-state index in [9.17, 15) is 22.0 Å². The molecule has 90 valence electrons. The van der Waals surface area contributed by atoms with Crippen molar-refractivity contribution in [3.05, 3.63) is 22.5 Å². The minimum absolute atomic E-state index is 0.473. The molecule has 8 heteroatoms. The number of aromatic nitrogens is 1. The molecule has 16 heavy (non-hydrogen) atoms. The third-order valence-corrected chi connectivity index (χ3v) is 1.98. The number of methoxy groups -OCH3 is 1. The molecule has 0 atom stereocenters. The van der Waals surface area contributed by atoms with Crippen LogP contribution in [0.5, 0.6) is 5.75 Å². The fraction of sp³-hybridized carbons (Fsp3) is 0.375. The molecule has 0 saturated carbocycles. The molecule has 0 aliphatic heterocycles. The molecule has 0 N–H and O–H groups in total. The molecule has 0 aliphatic carbocycles. The summed E-state index contributed by atoms with van der Waals surface area (Å²) in [6.45, 7) is 0. The van der Waals surface area contributed by atoms with Gasteiger partial charge in [-0.05, 0) is 0 Å². The van der Waals surface area contributed by atoms with Gasteiger partial charge in [-0.2, -0.15) is 13.2 Å². The highest BCUT2D eigenvalue weighted by Gasteiger charge is 2.41. The van der Waals surface area contributed by atoms with E-state index < -0.39 is 34.6 Å². The highest BCUT2D eigenvalue weighted by Crippen LogP contribution is 2.43. The largest absolute Gasteiger partial charge is 0.494 e. The van der Waals surface area contributed by atoms with Crippen LogP contribution in [0.25, 0.3) is 0 Å². The fourth-order valence-electron chi connectivity index (χ4n) is 1.12. The second-order valence-electron chi connectivity index (χ2n) is 2.70. The van der Waals surface area contributed by atoms with Crippen LogP contribution in [0.4, 0.5) is 22.0 Å². The molecule has 0 radical (unpaired) electrons. The van der Waals surface area contributed by atoms with Gasteiger partial charge in [-0.3, -0.25) is 4.98 Å². The van der Waals surface area contributed by atoms with Crippen LogP contribution in [0, 0.1) is 0 Å². The number of alkyl halides is 5. The zero-order valence-electron chi connectivity index (χ0n) is 7.78. The smallest absolute Gasteiger partial charge is 0.422 e. The van der Waals surface area contributed by atoms with Crippen molar-refractivity contribution in [3.63, 3.8) is 0 Å². The van der Waals surface area contributed by atoms with Gasteiger partial charge in [0.25, 0.3) is 6.43 Å². The van der Waals surface area contributed by atoms with Crippen LogP contribution in [-0.2, 0) is 6.18 Å². The van der Waals surface area contributed by atoms with E-state index in [1.54, 1.807) is 0 Å². The van der Waals surface area contributed by atoms with Gasteiger partial charge in [0.05, 0.1) is 7.11 Å². The van der Waals surface area contributed by atoms with Crippen LogP contribution in [0.2, 0.25) is 5.02 Å². The van der Waals surface area contributed by atoms with Crippen LogP contribution < -0.4 is 4.74 Å². The Morgan fingerprint density at radius 3 is 2.31 bits per heavy atom. The molecule has 0 spiro atoms.